The van der Waals surface area contributed by atoms with E-state index in [1.807, 2.05) is 6.07 Å². The number of hydrogen-bond acceptors (Lipinski definition) is 1. The molecule has 2 rings (SSSR count). The number of para-hydroxylation sites is 1. The first-order chi connectivity index (χ1) is 8.81. The van der Waals surface area contributed by atoms with Gasteiger partial charge < -0.3 is 4.74 Å². The molecule has 0 amide bonds. The summed E-state index contributed by atoms with van der Waals surface area (Å²) in [7, 11) is 0. The third kappa shape index (κ3) is 3.65. The molecule has 1 nitrogen and oxygen atoms in total. The summed E-state index contributed by atoms with van der Waals surface area (Å²) < 4.78 is 5.98. The fraction of sp³-hybridized carbons (Fsp3) is 0.625. The molecule has 1 fully saturated rings. The van der Waals surface area contributed by atoms with Crippen LogP contribution in [0.4, 0.5) is 0 Å². The van der Waals surface area contributed by atoms with Crippen molar-refractivity contribution >= 4 is 11.6 Å². The number of benzene rings is 1. The van der Waals surface area contributed by atoms with Crippen LogP contribution in [0.15, 0.2) is 18.2 Å². The number of ether oxygens (including phenoxy) is 1. The zero-order valence-electron chi connectivity index (χ0n) is 11.3. The van der Waals surface area contributed by atoms with Crippen molar-refractivity contribution < 1.29 is 4.74 Å². The highest BCUT2D eigenvalue weighted by Gasteiger charge is 2.14. The molecule has 0 spiro atoms. The molecule has 2 heteroatoms. The first-order valence-electron chi connectivity index (χ1n) is 7.08. The maximum Gasteiger partial charge on any atom is 0.126 e. The Balaban J connectivity index is 1.85. The normalized spacial score (nSPS) is 16.8. The van der Waals surface area contributed by atoms with Crippen LogP contribution >= 0.6 is 11.6 Å². The number of alkyl halides is 1. The fourth-order valence-corrected chi connectivity index (χ4v) is 3.04. The summed E-state index contributed by atoms with van der Waals surface area (Å²) in [5, 5.41) is 0. The van der Waals surface area contributed by atoms with Crippen LogP contribution in [0.1, 0.15) is 49.7 Å². The second kappa shape index (κ2) is 7.04. The van der Waals surface area contributed by atoms with Gasteiger partial charge in [-0.3, -0.25) is 0 Å². The van der Waals surface area contributed by atoms with Crippen LogP contribution in [0.3, 0.4) is 0 Å². The van der Waals surface area contributed by atoms with Crippen LogP contribution in [0, 0.1) is 12.8 Å². The first kappa shape index (κ1) is 13.7. The number of hydrogen-bond donors (Lipinski definition) is 0. The monoisotopic (exact) mass is 266 g/mol. The number of rotatable bonds is 5. The second-order valence-electron chi connectivity index (χ2n) is 5.34. The molecule has 0 atom stereocenters. The van der Waals surface area contributed by atoms with E-state index in [0.717, 1.165) is 23.8 Å². The van der Waals surface area contributed by atoms with Gasteiger partial charge in [-0.2, -0.15) is 0 Å². The van der Waals surface area contributed by atoms with Crippen molar-refractivity contribution in [1.29, 1.82) is 0 Å². The zero-order chi connectivity index (χ0) is 12.8. The lowest BCUT2D eigenvalue weighted by molar-refractivity contribution is 0.244. The highest BCUT2D eigenvalue weighted by Crippen LogP contribution is 2.28. The predicted molar refractivity (Wildman–Crippen MR) is 77.4 cm³/mol. The van der Waals surface area contributed by atoms with Crippen LogP contribution in [0.25, 0.3) is 0 Å². The fourth-order valence-electron chi connectivity index (χ4n) is 2.83. The SMILES string of the molecule is Cc1cccc(CCl)c1OCCC1CCCCC1. The van der Waals surface area contributed by atoms with Gasteiger partial charge in [0.05, 0.1) is 12.5 Å². The van der Waals surface area contributed by atoms with Crippen molar-refractivity contribution in [3.63, 3.8) is 0 Å². The average Bonchev–Trinajstić information content (AvgIpc) is 2.41. The Morgan fingerprint density at radius 2 is 2.00 bits per heavy atom. The Labute approximate surface area is 115 Å². The van der Waals surface area contributed by atoms with Gasteiger partial charge in [-0.05, 0) is 24.8 Å². The summed E-state index contributed by atoms with van der Waals surface area (Å²) in [6.07, 6.45) is 8.20. The van der Waals surface area contributed by atoms with Crippen molar-refractivity contribution in [2.24, 2.45) is 5.92 Å². The number of halogens is 1. The highest BCUT2D eigenvalue weighted by atomic mass is 35.5. The maximum atomic E-state index is 5.98. The zero-order valence-corrected chi connectivity index (χ0v) is 12.0. The van der Waals surface area contributed by atoms with Crippen LogP contribution < -0.4 is 4.74 Å². The van der Waals surface area contributed by atoms with Crippen LogP contribution in [0.2, 0.25) is 0 Å². The topological polar surface area (TPSA) is 9.23 Å². The van der Waals surface area contributed by atoms with E-state index < -0.39 is 0 Å². The summed E-state index contributed by atoms with van der Waals surface area (Å²) in [5.41, 5.74) is 2.30. The molecule has 1 saturated carbocycles. The second-order valence-corrected chi connectivity index (χ2v) is 5.61. The Hall–Kier alpha value is -0.690. The van der Waals surface area contributed by atoms with Gasteiger partial charge in [0, 0.05) is 5.56 Å². The van der Waals surface area contributed by atoms with E-state index in [1.165, 1.54) is 44.1 Å². The van der Waals surface area contributed by atoms with E-state index in [0.29, 0.717) is 5.88 Å². The Morgan fingerprint density at radius 3 is 2.72 bits per heavy atom. The number of aryl methyl sites for hydroxylation is 1. The molecular formula is C16H23ClO. The largest absolute Gasteiger partial charge is 0.493 e. The minimum atomic E-state index is 0.528. The van der Waals surface area contributed by atoms with E-state index in [4.69, 9.17) is 16.3 Å². The van der Waals surface area contributed by atoms with Crippen LogP contribution in [-0.4, -0.2) is 6.61 Å². The lowest BCUT2D eigenvalue weighted by atomic mass is 9.87. The summed E-state index contributed by atoms with van der Waals surface area (Å²) in [4.78, 5) is 0. The third-order valence-corrected chi connectivity index (χ3v) is 4.22. The van der Waals surface area contributed by atoms with Crippen molar-refractivity contribution in [3.05, 3.63) is 29.3 Å². The van der Waals surface area contributed by atoms with Gasteiger partial charge in [-0.25, -0.2) is 0 Å². The lowest BCUT2D eigenvalue weighted by Crippen LogP contribution is -2.11. The minimum absolute atomic E-state index is 0.528. The molecule has 0 unspecified atom stereocenters. The van der Waals surface area contributed by atoms with Crippen molar-refractivity contribution in [2.75, 3.05) is 6.61 Å². The molecule has 1 aliphatic rings. The summed E-state index contributed by atoms with van der Waals surface area (Å²) in [5.74, 6) is 2.41. The molecule has 1 aliphatic carbocycles. The molecule has 0 aromatic heterocycles. The van der Waals surface area contributed by atoms with Gasteiger partial charge >= 0.3 is 0 Å². The van der Waals surface area contributed by atoms with Crippen molar-refractivity contribution in [3.8, 4) is 5.75 Å². The van der Waals surface area contributed by atoms with Crippen molar-refractivity contribution in [1.82, 2.24) is 0 Å². The summed E-state index contributed by atoms with van der Waals surface area (Å²) in [6, 6.07) is 6.18. The molecule has 100 valence electrons. The first-order valence-corrected chi connectivity index (χ1v) is 7.62. The quantitative estimate of drug-likeness (QED) is 0.675. The highest BCUT2D eigenvalue weighted by molar-refractivity contribution is 6.17. The molecular weight excluding hydrogens is 244 g/mol. The Morgan fingerprint density at radius 1 is 1.22 bits per heavy atom. The van der Waals surface area contributed by atoms with E-state index >= 15 is 0 Å². The van der Waals surface area contributed by atoms with Crippen LogP contribution in [-0.2, 0) is 5.88 Å². The molecule has 0 saturated heterocycles. The maximum absolute atomic E-state index is 5.98. The molecule has 0 aliphatic heterocycles. The predicted octanol–water partition coefficient (Wildman–Crippen LogP) is 5.08. The molecule has 0 heterocycles. The van der Waals surface area contributed by atoms with Crippen LogP contribution in [0.5, 0.6) is 5.75 Å². The van der Waals surface area contributed by atoms with Gasteiger partial charge in [0.15, 0.2) is 0 Å². The summed E-state index contributed by atoms with van der Waals surface area (Å²) >= 11 is 5.95. The molecule has 18 heavy (non-hydrogen) atoms. The Kier molecular flexibility index (Phi) is 5.37. The molecule has 0 bridgehead atoms. The standard InChI is InChI=1S/C16H23ClO/c1-13-6-5-9-15(12-17)16(13)18-11-10-14-7-3-2-4-8-14/h5-6,9,14H,2-4,7-8,10-12H2,1H3. The average molecular weight is 267 g/mol. The van der Waals surface area contributed by atoms with Gasteiger partial charge in [-0.1, -0.05) is 50.3 Å². The van der Waals surface area contributed by atoms with E-state index in [9.17, 15) is 0 Å². The van der Waals surface area contributed by atoms with E-state index in [-0.39, 0.29) is 0 Å². The molecule has 1 aromatic rings. The van der Waals surface area contributed by atoms with Gasteiger partial charge in [0.25, 0.3) is 0 Å². The lowest BCUT2D eigenvalue weighted by Gasteiger charge is -2.22. The molecule has 0 radical (unpaired) electrons. The van der Waals surface area contributed by atoms with Gasteiger partial charge in [0.2, 0.25) is 0 Å². The smallest absolute Gasteiger partial charge is 0.126 e. The van der Waals surface area contributed by atoms with Gasteiger partial charge in [-0.15, -0.1) is 11.6 Å². The molecule has 1 aromatic carbocycles. The summed E-state index contributed by atoms with van der Waals surface area (Å²) in [6.45, 7) is 2.92. The molecule has 0 N–H and O–H groups in total. The van der Waals surface area contributed by atoms with Gasteiger partial charge in [0.1, 0.15) is 5.75 Å². The van der Waals surface area contributed by atoms with E-state index in [1.54, 1.807) is 0 Å². The Bertz CT molecular complexity index is 369. The third-order valence-electron chi connectivity index (χ3n) is 3.93. The van der Waals surface area contributed by atoms with Crippen molar-refractivity contribution in [2.45, 2.75) is 51.3 Å². The van der Waals surface area contributed by atoms with E-state index in [2.05, 4.69) is 19.1 Å². The minimum Gasteiger partial charge on any atom is -0.493 e.